The van der Waals surface area contributed by atoms with Gasteiger partial charge in [0, 0.05) is 31.2 Å². The molecule has 4 rings (SSSR count). The van der Waals surface area contributed by atoms with Crippen LogP contribution in [0.15, 0.2) is 12.4 Å². The number of hydrogen-bond donors (Lipinski definition) is 1. The number of nitrogens with zero attached hydrogens (tertiary/aromatic N) is 6. The van der Waals surface area contributed by atoms with E-state index in [1.807, 2.05) is 26.4 Å². The van der Waals surface area contributed by atoms with Crippen LogP contribution in [-0.4, -0.2) is 35.6 Å². The van der Waals surface area contributed by atoms with Crippen molar-refractivity contribution >= 4 is 16.9 Å². The fourth-order valence-corrected chi connectivity index (χ4v) is 3.52. The highest BCUT2D eigenvalue weighted by Gasteiger charge is 2.24. The molecule has 1 atom stereocenters. The maximum absolute atomic E-state index is 4.61. The Morgan fingerprint density at radius 1 is 1.21 bits per heavy atom. The van der Waals surface area contributed by atoms with Crippen LogP contribution in [-0.2, 0) is 19.9 Å². The topological polar surface area (TPSA) is 73.5 Å². The van der Waals surface area contributed by atoms with Crippen molar-refractivity contribution in [3.63, 3.8) is 0 Å². The summed E-state index contributed by atoms with van der Waals surface area (Å²) in [5, 5.41) is 13.5. The molecule has 0 saturated heterocycles. The van der Waals surface area contributed by atoms with Crippen LogP contribution in [0.5, 0.6) is 0 Å². The molecule has 3 aromatic heterocycles. The van der Waals surface area contributed by atoms with Gasteiger partial charge in [0.05, 0.1) is 17.8 Å². The molecule has 126 valence electrons. The lowest BCUT2D eigenvalue weighted by atomic mass is 9.93. The average molecular weight is 325 g/mol. The average Bonchev–Trinajstić information content (AvgIpc) is 3.11. The highest BCUT2D eigenvalue weighted by Crippen LogP contribution is 2.27. The van der Waals surface area contributed by atoms with E-state index in [-0.39, 0.29) is 0 Å². The molecular formula is C17H23N7. The normalized spacial score (nSPS) is 17.5. The highest BCUT2D eigenvalue weighted by atomic mass is 15.3. The minimum atomic E-state index is 0.351. The molecule has 24 heavy (non-hydrogen) atoms. The van der Waals surface area contributed by atoms with Gasteiger partial charge in [-0.25, -0.2) is 9.97 Å². The van der Waals surface area contributed by atoms with Gasteiger partial charge in [0.1, 0.15) is 11.6 Å². The van der Waals surface area contributed by atoms with Crippen molar-refractivity contribution in [1.29, 1.82) is 0 Å². The fraction of sp³-hybridized carbons (Fsp3) is 0.529. The maximum atomic E-state index is 4.61. The first-order valence-corrected chi connectivity index (χ1v) is 8.51. The van der Waals surface area contributed by atoms with Gasteiger partial charge in [0.2, 0.25) is 0 Å². The van der Waals surface area contributed by atoms with E-state index in [1.54, 1.807) is 4.68 Å². The first kappa shape index (κ1) is 15.1. The van der Waals surface area contributed by atoms with Crippen molar-refractivity contribution in [3.8, 4) is 0 Å². The molecule has 0 fully saturated rings. The molecule has 0 amide bonds. The van der Waals surface area contributed by atoms with Crippen LogP contribution in [0.2, 0.25) is 0 Å². The predicted molar refractivity (Wildman–Crippen MR) is 93.1 cm³/mol. The third kappa shape index (κ3) is 2.44. The number of nitrogens with one attached hydrogen (secondary N) is 1. The summed E-state index contributed by atoms with van der Waals surface area (Å²) in [7, 11) is 1.91. The summed E-state index contributed by atoms with van der Waals surface area (Å²) in [5.41, 5.74) is 3.60. The third-order valence-electron chi connectivity index (χ3n) is 4.72. The summed E-state index contributed by atoms with van der Waals surface area (Å²) in [6.07, 6.45) is 6.98. The summed E-state index contributed by atoms with van der Waals surface area (Å²) in [6.45, 7) is 6.28. The first-order valence-electron chi connectivity index (χ1n) is 8.51. The molecule has 1 N–H and O–H groups in total. The van der Waals surface area contributed by atoms with Gasteiger partial charge in [-0.3, -0.25) is 9.36 Å². The quantitative estimate of drug-likeness (QED) is 0.800. The molecule has 0 saturated carbocycles. The monoisotopic (exact) mass is 325 g/mol. The summed E-state index contributed by atoms with van der Waals surface area (Å²) in [5.74, 6) is 1.65. The minimum absolute atomic E-state index is 0.351. The molecule has 0 spiro atoms. The molecule has 0 radical (unpaired) electrons. The van der Waals surface area contributed by atoms with Crippen LogP contribution in [0.3, 0.4) is 0 Å². The highest BCUT2D eigenvalue weighted by molar-refractivity contribution is 5.86. The zero-order chi connectivity index (χ0) is 16.8. The SMILES string of the molecule is Cc1nc(NC2CCc3cnn(C(C)C)c3C2)c2cnn(C)c2n1. The Morgan fingerprint density at radius 3 is 2.83 bits per heavy atom. The molecule has 0 aliphatic heterocycles. The Bertz CT molecular complexity index is 890. The van der Waals surface area contributed by atoms with Crippen molar-refractivity contribution in [2.75, 3.05) is 5.32 Å². The van der Waals surface area contributed by atoms with E-state index in [1.165, 1.54) is 11.3 Å². The standard InChI is InChI=1S/C17H23N7/c1-10(2)24-15-7-13(6-5-12(15)8-19-24)22-16-14-9-18-23(4)17(14)21-11(3)20-16/h8-10,13H,5-7H2,1-4H3,(H,20,21,22). The van der Waals surface area contributed by atoms with Gasteiger partial charge in [-0.1, -0.05) is 0 Å². The van der Waals surface area contributed by atoms with E-state index in [2.05, 4.69) is 44.0 Å². The Morgan fingerprint density at radius 2 is 2.04 bits per heavy atom. The largest absolute Gasteiger partial charge is 0.366 e. The van der Waals surface area contributed by atoms with Crippen molar-refractivity contribution in [2.45, 2.75) is 52.1 Å². The van der Waals surface area contributed by atoms with Crippen molar-refractivity contribution in [1.82, 2.24) is 29.5 Å². The molecule has 7 nitrogen and oxygen atoms in total. The molecule has 1 aliphatic rings. The summed E-state index contributed by atoms with van der Waals surface area (Å²) in [6, 6.07) is 0.739. The zero-order valence-electron chi connectivity index (χ0n) is 14.6. The summed E-state index contributed by atoms with van der Waals surface area (Å²) >= 11 is 0. The molecule has 0 aromatic carbocycles. The molecule has 3 aromatic rings. The van der Waals surface area contributed by atoms with Crippen LogP contribution < -0.4 is 5.32 Å². The van der Waals surface area contributed by atoms with Gasteiger partial charge in [-0.15, -0.1) is 0 Å². The van der Waals surface area contributed by atoms with Crippen LogP contribution in [0.1, 0.15) is 43.4 Å². The smallest absolute Gasteiger partial charge is 0.163 e. The Kier molecular flexibility index (Phi) is 3.51. The second kappa shape index (κ2) is 5.58. The van der Waals surface area contributed by atoms with E-state index in [0.717, 1.165) is 41.9 Å². The third-order valence-corrected chi connectivity index (χ3v) is 4.72. The zero-order valence-corrected chi connectivity index (χ0v) is 14.6. The maximum Gasteiger partial charge on any atom is 0.163 e. The minimum Gasteiger partial charge on any atom is -0.366 e. The van der Waals surface area contributed by atoms with Crippen molar-refractivity contribution in [3.05, 3.63) is 29.5 Å². The van der Waals surface area contributed by atoms with Crippen molar-refractivity contribution < 1.29 is 0 Å². The second-order valence-electron chi connectivity index (χ2n) is 6.86. The molecule has 0 bridgehead atoms. The Balaban J connectivity index is 1.64. The van der Waals surface area contributed by atoms with Crippen molar-refractivity contribution in [2.24, 2.45) is 7.05 Å². The number of aromatic nitrogens is 6. The van der Waals surface area contributed by atoms with E-state index in [0.29, 0.717) is 12.1 Å². The van der Waals surface area contributed by atoms with Gasteiger partial charge in [0.15, 0.2) is 5.65 Å². The molecular weight excluding hydrogens is 302 g/mol. The fourth-order valence-electron chi connectivity index (χ4n) is 3.52. The lowest BCUT2D eigenvalue weighted by Gasteiger charge is -2.26. The van der Waals surface area contributed by atoms with E-state index in [4.69, 9.17) is 0 Å². The Labute approximate surface area is 141 Å². The molecule has 7 heteroatoms. The lowest BCUT2D eigenvalue weighted by molar-refractivity contribution is 0.484. The van der Waals surface area contributed by atoms with Gasteiger partial charge in [-0.2, -0.15) is 10.2 Å². The van der Waals surface area contributed by atoms with Gasteiger partial charge >= 0.3 is 0 Å². The predicted octanol–water partition coefficient (Wildman–Crippen LogP) is 2.42. The van der Waals surface area contributed by atoms with E-state index >= 15 is 0 Å². The van der Waals surface area contributed by atoms with Crippen LogP contribution >= 0.6 is 0 Å². The first-order chi connectivity index (χ1) is 11.5. The van der Waals surface area contributed by atoms with Gasteiger partial charge in [0.25, 0.3) is 0 Å². The van der Waals surface area contributed by atoms with Crippen LogP contribution in [0.4, 0.5) is 5.82 Å². The summed E-state index contributed by atoms with van der Waals surface area (Å²) in [4.78, 5) is 9.10. The number of rotatable bonds is 3. The van der Waals surface area contributed by atoms with Gasteiger partial charge < -0.3 is 5.32 Å². The number of aryl methyl sites for hydroxylation is 3. The van der Waals surface area contributed by atoms with Crippen LogP contribution in [0.25, 0.3) is 11.0 Å². The number of hydrogen-bond acceptors (Lipinski definition) is 5. The number of fused-ring (bicyclic) bond motifs is 2. The molecule has 1 unspecified atom stereocenters. The van der Waals surface area contributed by atoms with Crippen LogP contribution in [0, 0.1) is 6.92 Å². The lowest BCUT2D eigenvalue weighted by Crippen LogP contribution is -2.29. The molecule has 3 heterocycles. The van der Waals surface area contributed by atoms with Gasteiger partial charge in [-0.05, 0) is 39.2 Å². The number of anilines is 1. The summed E-state index contributed by atoms with van der Waals surface area (Å²) < 4.78 is 3.94. The molecule has 1 aliphatic carbocycles. The van der Waals surface area contributed by atoms with E-state index < -0.39 is 0 Å². The second-order valence-corrected chi connectivity index (χ2v) is 6.86. The Hall–Kier alpha value is -2.44. The van der Waals surface area contributed by atoms with E-state index in [9.17, 15) is 0 Å².